The van der Waals surface area contributed by atoms with Crippen LogP contribution in [0.4, 0.5) is 13.2 Å². The minimum absolute atomic E-state index is 0.189. The quantitative estimate of drug-likeness (QED) is 0.740. The molecule has 0 saturated carbocycles. The zero-order valence-electron chi connectivity index (χ0n) is 7.34. The van der Waals surface area contributed by atoms with Crippen LogP contribution in [0.5, 0.6) is 0 Å². The molecule has 0 N–H and O–H groups in total. The monoisotopic (exact) mass is 207 g/mol. The van der Waals surface area contributed by atoms with Crippen LogP contribution >= 0.6 is 0 Å². The summed E-state index contributed by atoms with van der Waals surface area (Å²) in [7, 11) is 1.07. The van der Waals surface area contributed by atoms with E-state index in [0.717, 1.165) is 7.05 Å². The number of furan rings is 1. The summed E-state index contributed by atoms with van der Waals surface area (Å²) in [5, 5.41) is 0. The zero-order chi connectivity index (χ0) is 10.8. The second kappa shape index (κ2) is 3.73. The van der Waals surface area contributed by atoms with Gasteiger partial charge in [-0.25, -0.2) is 0 Å². The molecular weight excluding hydrogens is 199 g/mol. The Balaban J connectivity index is 2.59. The minimum Gasteiger partial charge on any atom is -0.467 e. The average molecular weight is 207 g/mol. The number of carbonyl (C=O) groups is 1. The van der Waals surface area contributed by atoms with E-state index in [-0.39, 0.29) is 6.54 Å². The number of hydrogen-bond acceptors (Lipinski definition) is 2. The van der Waals surface area contributed by atoms with Crippen molar-refractivity contribution in [3.8, 4) is 0 Å². The van der Waals surface area contributed by atoms with Crippen molar-refractivity contribution in [2.24, 2.45) is 0 Å². The lowest BCUT2D eigenvalue weighted by Crippen LogP contribution is -2.37. The summed E-state index contributed by atoms with van der Waals surface area (Å²) in [5.41, 5.74) is 0. The number of rotatable bonds is 2. The smallest absolute Gasteiger partial charge is 0.467 e. The van der Waals surface area contributed by atoms with Crippen molar-refractivity contribution in [2.75, 3.05) is 7.05 Å². The van der Waals surface area contributed by atoms with Crippen LogP contribution in [0.2, 0.25) is 0 Å². The van der Waals surface area contributed by atoms with Crippen LogP contribution in [0.15, 0.2) is 22.8 Å². The Bertz CT molecular complexity index is 305. The first kappa shape index (κ1) is 10.6. The van der Waals surface area contributed by atoms with Crippen molar-refractivity contribution < 1.29 is 22.4 Å². The highest BCUT2D eigenvalue weighted by Gasteiger charge is 2.41. The van der Waals surface area contributed by atoms with Gasteiger partial charge in [0.25, 0.3) is 0 Å². The molecule has 3 nitrogen and oxygen atoms in total. The van der Waals surface area contributed by atoms with E-state index in [4.69, 9.17) is 4.42 Å². The van der Waals surface area contributed by atoms with Crippen molar-refractivity contribution in [1.29, 1.82) is 0 Å². The third-order valence-corrected chi connectivity index (χ3v) is 1.56. The minimum atomic E-state index is -4.83. The second-order valence-electron chi connectivity index (χ2n) is 2.74. The fourth-order valence-electron chi connectivity index (χ4n) is 0.925. The van der Waals surface area contributed by atoms with Crippen LogP contribution < -0.4 is 0 Å². The summed E-state index contributed by atoms with van der Waals surface area (Å²) in [6.07, 6.45) is -3.50. The number of nitrogens with zero attached hydrogens (tertiary/aromatic N) is 1. The van der Waals surface area contributed by atoms with Crippen molar-refractivity contribution in [1.82, 2.24) is 4.90 Å². The predicted molar refractivity (Wildman–Crippen MR) is 41.2 cm³/mol. The number of hydrogen-bond donors (Lipinski definition) is 0. The van der Waals surface area contributed by atoms with E-state index >= 15 is 0 Å². The molecule has 0 aromatic carbocycles. The fourth-order valence-corrected chi connectivity index (χ4v) is 0.925. The molecule has 78 valence electrons. The van der Waals surface area contributed by atoms with Crippen molar-refractivity contribution >= 4 is 5.91 Å². The Morgan fingerprint density at radius 1 is 1.57 bits per heavy atom. The first-order valence-corrected chi connectivity index (χ1v) is 3.76. The molecule has 0 bridgehead atoms. The Kier molecular flexibility index (Phi) is 2.83. The third kappa shape index (κ3) is 2.51. The highest BCUT2D eigenvalue weighted by atomic mass is 19.4. The molecule has 1 aromatic rings. The molecule has 0 aliphatic carbocycles. The molecule has 0 aliphatic heterocycles. The van der Waals surface area contributed by atoms with Gasteiger partial charge in [-0.2, -0.15) is 13.2 Å². The second-order valence-corrected chi connectivity index (χ2v) is 2.74. The fraction of sp³-hybridized carbons (Fsp3) is 0.375. The van der Waals surface area contributed by atoms with Crippen LogP contribution in [0.3, 0.4) is 0 Å². The summed E-state index contributed by atoms with van der Waals surface area (Å²) in [5.74, 6) is -1.57. The van der Waals surface area contributed by atoms with Crippen molar-refractivity contribution in [2.45, 2.75) is 12.7 Å². The molecule has 1 aromatic heterocycles. The van der Waals surface area contributed by atoms with Gasteiger partial charge in [-0.3, -0.25) is 4.79 Å². The topological polar surface area (TPSA) is 33.5 Å². The number of carbonyl (C=O) groups excluding carboxylic acids is 1. The van der Waals surface area contributed by atoms with E-state index in [0.29, 0.717) is 10.7 Å². The molecule has 0 fully saturated rings. The molecule has 14 heavy (non-hydrogen) atoms. The van der Waals surface area contributed by atoms with E-state index in [1.165, 1.54) is 12.3 Å². The molecule has 0 saturated heterocycles. The maximum Gasteiger partial charge on any atom is 0.471 e. The van der Waals surface area contributed by atoms with Gasteiger partial charge < -0.3 is 9.32 Å². The van der Waals surface area contributed by atoms with Gasteiger partial charge in [0.05, 0.1) is 12.8 Å². The van der Waals surface area contributed by atoms with Crippen LogP contribution in [0, 0.1) is 0 Å². The Morgan fingerprint density at radius 2 is 2.21 bits per heavy atom. The Labute approximate surface area is 78.1 Å². The zero-order valence-corrected chi connectivity index (χ0v) is 7.34. The molecule has 0 aliphatic rings. The maximum absolute atomic E-state index is 11.9. The van der Waals surface area contributed by atoms with E-state index in [1.807, 2.05) is 0 Å². The number of halogens is 3. The summed E-state index contributed by atoms with van der Waals surface area (Å²) >= 11 is 0. The van der Waals surface area contributed by atoms with Crippen molar-refractivity contribution in [3.63, 3.8) is 0 Å². The molecule has 0 radical (unpaired) electrons. The molecule has 0 spiro atoms. The Hall–Kier alpha value is -1.46. The third-order valence-electron chi connectivity index (χ3n) is 1.56. The van der Waals surface area contributed by atoms with Gasteiger partial charge in [-0.15, -0.1) is 0 Å². The first-order valence-electron chi connectivity index (χ1n) is 3.76. The van der Waals surface area contributed by atoms with Gasteiger partial charge in [-0.05, 0) is 12.1 Å². The van der Waals surface area contributed by atoms with E-state index in [1.54, 1.807) is 6.07 Å². The lowest BCUT2D eigenvalue weighted by atomic mass is 10.4. The van der Waals surface area contributed by atoms with Crippen LogP contribution in [0.25, 0.3) is 0 Å². The standard InChI is InChI=1S/C8H8F3NO2/c1-12(7(13)8(9,10)11)5-6-3-2-4-14-6/h2-4H,5H2,1H3. The van der Waals surface area contributed by atoms with Gasteiger partial charge in [0.15, 0.2) is 0 Å². The van der Waals surface area contributed by atoms with Gasteiger partial charge in [-0.1, -0.05) is 0 Å². The highest BCUT2D eigenvalue weighted by molar-refractivity contribution is 5.81. The number of amides is 1. The molecule has 1 amide bonds. The molecular formula is C8H8F3NO2. The van der Waals surface area contributed by atoms with Gasteiger partial charge in [0, 0.05) is 7.05 Å². The lowest BCUT2D eigenvalue weighted by Gasteiger charge is -2.16. The average Bonchev–Trinajstić information content (AvgIpc) is 2.53. The molecule has 6 heteroatoms. The van der Waals surface area contributed by atoms with Crippen LogP contribution in [0.1, 0.15) is 5.76 Å². The van der Waals surface area contributed by atoms with E-state index in [2.05, 4.69) is 0 Å². The molecule has 1 rings (SSSR count). The molecule has 0 unspecified atom stereocenters. The highest BCUT2D eigenvalue weighted by Crippen LogP contribution is 2.18. The molecule has 0 atom stereocenters. The summed E-state index contributed by atoms with van der Waals surface area (Å²) < 4.78 is 40.5. The summed E-state index contributed by atoms with van der Waals surface area (Å²) in [4.78, 5) is 11.2. The Morgan fingerprint density at radius 3 is 2.64 bits per heavy atom. The van der Waals surface area contributed by atoms with E-state index in [9.17, 15) is 18.0 Å². The van der Waals surface area contributed by atoms with Crippen LogP contribution in [-0.4, -0.2) is 24.0 Å². The predicted octanol–water partition coefficient (Wildman–Crippen LogP) is 1.80. The largest absolute Gasteiger partial charge is 0.471 e. The van der Waals surface area contributed by atoms with Gasteiger partial charge in [0.1, 0.15) is 5.76 Å². The summed E-state index contributed by atoms with van der Waals surface area (Å²) in [6, 6.07) is 3.04. The summed E-state index contributed by atoms with van der Waals surface area (Å²) in [6.45, 7) is -0.189. The van der Waals surface area contributed by atoms with Crippen molar-refractivity contribution in [3.05, 3.63) is 24.2 Å². The normalized spacial score (nSPS) is 11.4. The van der Waals surface area contributed by atoms with Gasteiger partial charge >= 0.3 is 12.1 Å². The SMILES string of the molecule is CN(Cc1ccco1)C(=O)C(F)(F)F. The van der Waals surface area contributed by atoms with Crippen LogP contribution in [-0.2, 0) is 11.3 Å². The van der Waals surface area contributed by atoms with Gasteiger partial charge in [0.2, 0.25) is 0 Å². The molecule has 1 heterocycles. The lowest BCUT2D eigenvalue weighted by molar-refractivity contribution is -0.184. The number of alkyl halides is 3. The first-order chi connectivity index (χ1) is 6.41. The van der Waals surface area contributed by atoms with E-state index < -0.39 is 12.1 Å². The maximum atomic E-state index is 11.9.